The van der Waals surface area contributed by atoms with Gasteiger partial charge in [-0.15, -0.1) is 0 Å². The van der Waals surface area contributed by atoms with Crippen LogP contribution in [0, 0.1) is 12.7 Å². The number of benzene rings is 2. The highest BCUT2D eigenvalue weighted by Crippen LogP contribution is 2.22. The highest BCUT2D eigenvalue weighted by molar-refractivity contribution is 5.95. The van der Waals surface area contributed by atoms with E-state index in [9.17, 15) is 14.0 Å². The summed E-state index contributed by atoms with van der Waals surface area (Å²) < 4.78 is 14.0. The fourth-order valence-corrected chi connectivity index (χ4v) is 4.18. The molecule has 2 atom stereocenters. The zero-order valence-electron chi connectivity index (χ0n) is 20.9. The van der Waals surface area contributed by atoms with E-state index in [1.807, 2.05) is 17.9 Å². The Bertz CT molecular complexity index is 1200. The van der Waals surface area contributed by atoms with Crippen LogP contribution in [0.15, 0.2) is 66.9 Å². The first kappa shape index (κ1) is 25.3. The number of aryl methyl sites for hydroxylation is 1. The van der Waals surface area contributed by atoms with Gasteiger partial charge in [0.05, 0.1) is 18.4 Å². The van der Waals surface area contributed by atoms with Crippen molar-refractivity contribution in [3.8, 4) is 0 Å². The molecule has 1 aromatic heterocycles. The number of nitrogens with one attached hydrogen (secondary N) is 2. The SMILES string of the molecule is Cc1ccc([C@H](C)CN[C@H](C(=O)Nc2ccc(N3CCN(C)C(=O)C3)cn2)c2cccc(F)c2)cc1. The van der Waals surface area contributed by atoms with Gasteiger partial charge in [-0.05, 0) is 48.2 Å². The Labute approximate surface area is 211 Å². The minimum atomic E-state index is -0.759. The van der Waals surface area contributed by atoms with Crippen LogP contribution < -0.4 is 15.5 Å². The molecule has 1 aliphatic heterocycles. The fourth-order valence-electron chi connectivity index (χ4n) is 4.18. The van der Waals surface area contributed by atoms with Crippen LogP contribution >= 0.6 is 0 Å². The van der Waals surface area contributed by atoms with Gasteiger partial charge in [0.15, 0.2) is 0 Å². The van der Waals surface area contributed by atoms with Gasteiger partial charge in [0, 0.05) is 26.7 Å². The number of rotatable bonds is 8. The van der Waals surface area contributed by atoms with Gasteiger partial charge in [-0.1, -0.05) is 48.9 Å². The zero-order valence-corrected chi connectivity index (χ0v) is 20.9. The van der Waals surface area contributed by atoms with Crippen LogP contribution in [0.4, 0.5) is 15.9 Å². The second-order valence-corrected chi connectivity index (χ2v) is 9.34. The lowest BCUT2D eigenvalue weighted by Gasteiger charge is -2.33. The number of aromatic nitrogens is 1. The summed E-state index contributed by atoms with van der Waals surface area (Å²) in [6.45, 7) is 6.33. The molecule has 1 aliphatic rings. The first-order chi connectivity index (χ1) is 17.3. The van der Waals surface area contributed by atoms with Crippen LogP contribution in [0.25, 0.3) is 0 Å². The summed E-state index contributed by atoms with van der Waals surface area (Å²) in [5.74, 6) is -0.130. The van der Waals surface area contributed by atoms with Gasteiger partial charge in [0.25, 0.3) is 0 Å². The lowest BCUT2D eigenvalue weighted by Crippen LogP contribution is -2.48. The minimum Gasteiger partial charge on any atom is -0.359 e. The van der Waals surface area contributed by atoms with Crippen molar-refractivity contribution in [2.45, 2.75) is 25.8 Å². The van der Waals surface area contributed by atoms with Gasteiger partial charge in [0.1, 0.15) is 17.7 Å². The van der Waals surface area contributed by atoms with Crippen molar-refractivity contribution in [2.24, 2.45) is 0 Å². The molecule has 2 N–H and O–H groups in total. The molecule has 0 bridgehead atoms. The van der Waals surface area contributed by atoms with E-state index in [1.165, 1.54) is 17.7 Å². The molecule has 36 heavy (non-hydrogen) atoms. The topological polar surface area (TPSA) is 77.6 Å². The zero-order chi connectivity index (χ0) is 25.7. The molecule has 0 unspecified atom stereocenters. The molecule has 0 aliphatic carbocycles. The Morgan fingerprint density at radius 1 is 1.08 bits per heavy atom. The van der Waals surface area contributed by atoms with Crippen LogP contribution in [0.3, 0.4) is 0 Å². The number of hydrogen-bond donors (Lipinski definition) is 2. The molecule has 7 nitrogen and oxygen atoms in total. The maximum atomic E-state index is 14.0. The van der Waals surface area contributed by atoms with Crippen molar-refractivity contribution in [3.05, 3.63) is 89.4 Å². The number of hydrogen-bond acceptors (Lipinski definition) is 5. The Hall–Kier alpha value is -3.78. The van der Waals surface area contributed by atoms with E-state index >= 15 is 0 Å². The number of piperazine rings is 1. The lowest BCUT2D eigenvalue weighted by molar-refractivity contribution is -0.129. The van der Waals surface area contributed by atoms with Crippen LogP contribution in [-0.2, 0) is 9.59 Å². The number of likely N-dealkylation sites (N-methyl/N-ethyl adjacent to an activating group) is 1. The standard InChI is InChI=1S/C28H32FN5O2/c1-19-7-9-21(10-8-19)20(2)16-31-27(22-5-4-6-23(29)15-22)28(36)32-25-12-11-24(17-30-25)34-14-13-33(3)26(35)18-34/h4-12,15,17,20,27,31H,13-14,16,18H2,1-3H3,(H,30,32,36)/t20-,27+/m1/s1. The summed E-state index contributed by atoms with van der Waals surface area (Å²) in [5, 5.41) is 6.16. The number of carbonyl (C=O) groups excluding carboxylic acids is 2. The normalized spacial score (nSPS) is 15.5. The Balaban J connectivity index is 1.45. The Morgan fingerprint density at radius 3 is 2.53 bits per heavy atom. The van der Waals surface area contributed by atoms with Crippen molar-refractivity contribution in [1.29, 1.82) is 0 Å². The van der Waals surface area contributed by atoms with Crippen molar-refractivity contribution < 1.29 is 14.0 Å². The smallest absolute Gasteiger partial charge is 0.247 e. The summed E-state index contributed by atoms with van der Waals surface area (Å²) in [5.41, 5.74) is 3.71. The number of nitrogens with zero attached hydrogens (tertiary/aromatic N) is 3. The number of halogens is 1. The lowest BCUT2D eigenvalue weighted by atomic mass is 9.98. The number of pyridine rings is 1. The maximum absolute atomic E-state index is 14.0. The second kappa shape index (κ2) is 11.3. The molecule has 8 heteroatoms. The number of anilines is 2. The third-order valence-electron chi connectivity index (χ3n) is 6.54. The molecule has 2 aromatic carbocycles. The predicted molar refractivity (Wildman–Crippen MR) is 139 cm³/mol. The van der Waals surface area contributed by atoms with E-state index in [-0.39, 0.29) is 17.7 Å². The molecule has 1 saturated heterocycles. The van der Waals surface area contributed by atoms with Crippen LogP contribution in [0.1, 0.15) is 35.6 Å². The van der Waals surface area contributed by atoms with E-state index in [2.05, 4.69) is 46.8 Å². The predicted octanol–water partition coefficient (Wildman–Crippen LogP) is 3.88. The van der Waals surface area contributed by atoms with Gasteiger partial charge in [-0.25, -0.2) is 9.37 Å². The molecule has 0 radical (unpaired) electrons. The number of carbonyl (C=O) groups is 2. The Morgan fingerprint density at radius 2 is 1.86 bits per heavy atom. The summed E-state index contributed by atoms with van der Waals surface area (Å²) in [6, 6.07) is 17.1. The van der Waals surface area contributed by atoms with Crippen molar-refractivity contribution >= 4 is 23.3 Å². The second-order valence-electron chi connectivity index (χ2n) is 9.34. The highest BCUT2D eigenvalue weighted by Gasteiger charge is 2.24. The first-order valence-corrected chi connectivity index (χ1v) is 12.1. The summed E-state index contributed by atoms with van der Waals surface area (Å²) in [4.78, 5) is 33.4. The average Bonchev–Trinajstić information content (AvgIpc) is 2.87. The van der Waals surface area contributed by atoms with E-state index in [0.717, 1.165) is 17.8 Å². The fraction of sp³-hybridized carbons (Fsp3) is 0.321. The Kier molecular flexibility index (Phi) is 7.95. The molecule has 0 spiro atoms. The molecule has 2 amide bonds. The van der Waals surface area contributed by atoms with E-state index in [0.29, 0.717) is 31.0 Å². The minimum absolute atomic E-state index is 0.0579. The molecule has 2 heterocycles. The largest absolute Gasteiger partial charge is 0.359 e. The molecule has 1 fully saturated rings. The third kappa shape index (κ3) is 6.26. The number of amides is 2. The summed E-state index contributed by atoms with van der Waals surface area (Å²) in [7, 11) is 1.79. The van der Waals surface area contributed by atoms with Crippen molar-refractivity contribution in [1.82, 2.24) is 15.2 Å². The van der Waals surface area contributed by atoms with Gasteiger partial charge in [0.2, 0.25) is 11.8 Å². The summed E-state index contributed by atoms with van der Waals surface area (Å²) in [6.07, 6.45) is 1.65. The van der Waals surface area contributed by atoms with Crippen molar-refractivity contribution in [2.75, 3.05) is 43.4 Å². The van der Waals surface area contributed by atoms with Gasteiger partial charge in [-0.2, -0.15) is 0 Å². The maximum Gasteiger partial charge on any atom is 0.247 e. The quantitative estimate of drug-likeness (QED) is 0.502. The molecule has 0 saturated carbocycles. The van der Waals surface area contributed by atoms with E-state index in [1.54, 1.807) is 36.3 Å². The summed E-state index contributed by atoms with van der Waals surface area (Å²) >= 11 is 0. The molecule has 4 rings (SSSR count). The third-order valence-corrected chi connectivity index (χ3v) is 6.54. The van der Waals surface area contributed by atoms with Gasteiger partial charge >= 0.3 is 0 Å². The van der Waals surface area contributed by atoms with Crippen molar-refractivity contribution in [3.63, 3.8) is 0 Å². The van der Waals surface area contributed by atoms with Crippen LogP contribution in [0.5, 0.6) is 0 Å². The molecule has 3 aromatic rings. The van der Waals surface area contributed by atoms with E-state index < -0.39 is 11.9 Å². The van der Waals surface area contributed by atoms with Crippen LogP contribution in [-0.4, -0.2) is 54.9 Å². The van der Waals surface area contributed by atoms with Crippen LogP contribution in [0.2, 0.25) is 0 Å². The molecular formula is C28H32FN5O2. The molecule has 188 valence electrons. The van der Waals surface area contributed by atoms with Gasteiger partial charge < -0.3 is 20.4 Å². The van der Waals surface area contributed by atoms with E-state index in [4.69, 9.17) is 0 Å². The monoisotopic (exact) mass is 489 g/mol. The molecular weight excluding hydrogens is 457 g/mol. The van der Waals surface area contributed by atoms with Gasteiger partial charge in [-0.3, -0.25) is 9.59 Å². The highest BCUT2D eigenvalue weighted by atomic mass is 19.1. The average molecular weight is 490 g/mol. The first-order valence-electron chi connectivity index (χ1n) is 12.1.